The summed E-state index contributed by atoms with van der Waals surface area (Å²) in [4.78, 5) is 0.306. The fourth-order valence-electron chi connectivity index (χ4n) is 1.01. The Morgan fingerprint density at radius 1 is 1.47 bits per heavy atom. The zero-order chi connectivity index (χ0) is 11.6. The highest BCUT2D eigenvalue weighted by Crippen LogP contribution is 2.28. The first-order valence-electron chi connectivity index (χ1n) is 4.58. The molecule has 0 radical (unpaired) electrons. The third-order valence-electron chi connectivity index (χ3n) is 2.05. The van der Waals surface area contributed by atoms with Crippen LogP contribution in [0, 0.1) is 6.92 Å². The van der Waals surface area contributed by atoms with Gasteiger partial charge in [0.1, 0.15) is 10.7 Å². The summed E-state index contributed by atoms with van der Waals surface area (Å²) < 4.78 is 5.68. The lowest BCUT2D eigenvalue weighted by molar-refractivity contribution is 0.184. The highest BCUT2D eigenvalue weighted by Gasteiger charge is 2.24. The molecule has 0 aliphatic carbocycles. The third kappa shape index (κ3) is 3.08. The SMILES string of the molecule is Cc1ccc(Cl)c(OC(C)(C)C(N)=S)c1. The molecule has 1 aromatic rings. The van der Waals surface area contributed by atoms with Crippen molar-refractivity contribution in [1.82, 2.24) is 0 Å². The average Bonchev–Trinajstić information content (AvgIpc) is 2.10. The van der Waals surface area contributed by atoms with Crippen molar-refractivity contribution >= 4 is 28.8 Å². The molecule has 0 heterocycles. The van der Waals surface area contributed by atoms with Crippen LogP contribution in [-0.2, 0) is 0 Å². The van der Waals surface area contributed by atoms with E-state index < -0.39 is 5.60 Å². The number of hydrogen-bond donors (Lipinski definition) is 1. The average molecular weight is 244 g/mol. The first-order chi connectivity index (χ1) is 6.83. The molecule has 0 atom stereocenters. The molecule has 0 aliphatic heterocycles. The van der Waals surface area contributed by atoms with Crippen LogP contribution in [0.25, 0.3) is 0 Å². The molecule has 0 aromatic heterocycles. The van der Waals surface area contributed by atoms with Crippen LogP contribution in [0.15, 0.2) is 18.2 Å². The number of halogens is 1. The highest BCUT2D eigenvalue weighted by atomic mass is 35.5. The summed E-state index contributed by atoms with van der Waals surface area (Å²) in [7, 11) is 0. The van der Waals surface area contributed by atoms with Gasteiger partial charge in [-0.3, -0.25) is 0 Å². The van der Waals surface area contributed by atoms with Gasteiger partial charge in [-0.05, 0) is 38.5 Å². The van der Waals surface area contributed by atoms with Gasteiger partial charge in [-0.1, -0.05) is 29.9 Å². The van der Waals surface area contributed by atoms with Gasteiger partial charge in [-0.15, -0.1) is 0 Å². The smallest absolute Gasteiger partial charge is 0.153 e. The summed E-state index contributed by atoms with van der Waals surface area (Å²) in [6.45, 7) is 5.60. The van der Waals surface area contributed by atoms with Crippen molar-refractivity contribution in [2.24, 2.45) is 5.73 Å². The number of aryl methyl sites for hydroxylation is 1. The van der Waals surface area contributed by atoms with Crippen LogP contribution in [0.3, 0.4) is 0 Å². The van der Waals surface area contributed by atoms with Crippen molar-refractivity contribution in [3.8, 4) is 5.75 Å². The van der Waals surface area contributed by atoms with Gasteiger partial charge in [0.25, 0.3) is 0 Å². The molecule has 0 saturated carbocycles. The summed E-state index contributed by atoms with van der Waals surface area (Å²) in [6.07, 6.45) is 0. The minimum atomic E-state index is -0.688. The van der Waals surface area contributed by atoms with Gasteiger partial charge in [0.15, 0.2) is 5.60 Å². The maximum absolute atomic E-state index is 6.00. The molecule has 4 heteroatoms. The Morgan fingerprint density at radius 2 is 2.07 bits per heavy atom. The minimum Gasteiger partial charge on any atom is -0.479 e. The number of benzene rings is 1. The van der Waals surface area contributed by atoms with Gasteiger partial charge in [0.2, 0.25) is 0 Å². The Bertz CT molecular complexity index is 390. The highest BCUT2D eigenvalue weighted by molar-refractivity contribution is 7.80. The Morgan fingerprint density at radius 3 is 2.60 bits per heavy atom. The Labute approximate surface area is 100 Å². The van der Waals surface area contributed by atoms with E-state index in [-0.39, 0.29) is 0 Å². The second kappa shape index (κ2) is 4.37. The molecule has 0 fully saturated rings. The summed E-state index contributed by atoms with van der Waals surface area (Å²) in [5.41, 5.74) is 5.96. The van der Waals surface area contributed by atoms with Gasteiger partial charge in [0, 0.05) is 0 Å². The first kappa shape index (κ1) is 12.3. The largest absolute Gasteiger partial charge is 0.479 e. The topological polar surface area (TPSA) is 35.2 Å². The van der Waals surface area contributed by atoms with E-state index in [4.69, 9.17) is 34.3 Å². The molecule has 1 aromatic carbocycles. The van der Waals surface area contributed by atoms with Crippen molar-refractivity contribution in [2.75, 3.05) is 0 Å². The normalized spacial score (nSPS) is 11.2. The number of nitrogens with two attached hydrogens (primary N) is 1. The van der Waals surface area contributed by atoms with Crippen molar-refractivity contribution in [3.05, 3.63) is 28.8 Å². The second-order valence-electron chi connectivity index (χ2n) is 3.91. The molecule has 1 rings (SSSR count). The van der Waals surface area contributed by atoms with Gasteiger partial charge < -0.3 is 10.5 Å². The van der Waals surface area contributed by atoms with Crippen molar-refractivity contribution in [2.45, 2.75) is 26.4 Å². The summed E-state index contributed by atoms with van der Waals surface area (Å²) in [6, 6.07) is 5.58. The van der Waals surface area contributed by atoms with E-state index in [0.717, 1.165) is 5.56 Å². The van der Waals surface area contributed by atoms with Crippen LogP contribution in [0.4, 0.5) is 0 Å². The molecule has 0 unspecified atom stereocenters. The molecule has 0 aliphatic rings. The lowest BCUT2D eigenvalue weighted by Crippen LogP contribution is -2.42. The van der Waals surface area contributed by atoms with Crippen LogP contribution in [0.2, 0.25) is 5.02 Å². The molecular formula is C11H14ClNOS. The van der Waals surface area contributed by atoms with Gasteiger partial charge in [-0.25, -0.2) is 0 Å². The lowest BCUT2D eigenvalue weighted by Gasteiger charge is -2.25. The summed E-state index contributed by atoms with van der Waals surface area (Å²) in [5, 5.41) is 0.560. The molecule has 82 valence electrons. The van der Waals surface area contributed by atoms with E-state index >= 15 is 0 Å². The fourth-order valence-corrected chi connectivity index (χ4v) is 1.21. The monoisotopic (exact) mass is 243 g/mol. The summed E-state index contributed by atoms with van der Waals surface area (Å²) >= 11 is 10.9. The predicted molar refractivity (Wildman–Crippen MR) is 67.7 cm³/mol. The fraction of sp³-hybridized carbons (Fsp3) is 0.364. The zero-order valence-electron chi connectivity index (χ0n) is 9.00. The maximum Gasteiger partial charge on any atom is 0.153 e. The van der Waals surface area contributed by atoms with Crippen LogP contribution in [0.1, 0.15) is 19.4 Å². The first-order valence-corrected chi connectivity index (χ1v) is 5.36. The van der Waals surface area contributed by atoms with Crippen LogP contribution in [-0.4, -0.2) is 10.6 Å². The Hall–Kier alpha value is -0.800. The minimum absolute atomic E-state index is 0.306. The zero-order valence-corrected chi connectivity index (χ0v) is 10.6. The number of hydrogen-bond acceptors (Lipinski definition) is 2. The Kier molecular flexibility index (Phi) is 3.58. The van der Waals surface area contributed by atoms with E-state index in [9.17, 15) is 0 Å². The molecule has 15 heavy (non-hydrogen) atoms. The molecule has 2 nitrogen and oxygen atoms in total. The van der Waals surface area contributed by atoms with E-state index in [1.165, 1.54) is 0 Å². The predicted octanol–water partition coefficient (Wildman–Crippen LogP) is 3.09. The third-order valence-corrected chi connectivity index (χ3v) is 2.85. The molecule has 0 amide bonds. The molecule has 0 saturated heterocycles. The van der Waals surface area contributed by atoms with Crippen LogP contribution in [0.5, 0.6) is 5.75 Å². The molecule has 0 bridgehead atoms. The van der Waals surface area contributed by atoms with Gasteiger partial charge in [-0.2, -0.15) is 0 Å². The Balaban J connectivity index is 2.99. The molecular weight excluding hydrogens is 230 g/mol. The van der Waals surface area contributed by atoms with Gasteiger partial charge >= 0.3 is 0 Å². The van der Waals surface area contributed by atoms with Crippen molar-refractivity contribution in [3.63, 3.8) is 0 Å². The van der Waals surface area contributed by atoms with E-state index in [1.54, 1.807) is 6.07 Å². The number of rotatable bonds is 3. The van der Waals surface area contributed by atoms with E-state index in [0.29, 0.717) is 15.8 Å². The van der Waals surface area contributed by atoms with Crippen molar-refractivity contribution in [1.29, 1.82) is 0 Å². The molecule has 0 spiro atoms. The lowest BCUT2D eigenvalue weighted by atomic mass is 10.1. The van der Waals surface area contributed by atoms with Gasteiger partial charge in [0.05, 0.1) is 5.02 Å². The van der Waals surface area contributed by atoms with Crippen LogP contribution < -0.4 is 10.5 Å². The quantitative estimate of drug-likeness (QED) is 0.829. The van der Waals surface area contributed by atoms with E-state index in [1.807, 2.05) is 32.9 Å². The second-order valence-corrected chi connectivity index (χ2v) is 4.76. The standard InChI is InChI=1S/C11H14ClNOS/c1-7-4-5-8(12)9(6-7)14-11(2,3)10(13)15/h4-6H,1-3H3,(H2,13,15). The van der Waals surface area contributed by atoms with Crippen molar-refractivity contribution < 1.29 is 4.74 Å². The van der Waals surface area contributed by atoms with E-state index in [2.05, 4.69) is 0 Å². The maximum atomic E-state index is 6.00. The summed E-state index contributed by atoms with van der Waals surface area (Å²) in [5.74, 6) is 0.606. The number of thiocarbonyl (C=S) groups is 1. The number of ether oxygens (including phenoxy) is 1. The molecule has 2 N–H and O–H groups in total. The van der Waals surface area contributed by atoms with Crippen LogP contribution >= 0.6 is 23.8 Å².